The quantitative estimate of drug-likeness (QED) is 0.854. The monoisotopic (exact) mass is 308 g/mol. The molecule has 0 saturated carbocycles. The molecule has 0 saturated heterocycles. The number of rotatable bonds is 7. The average molecular weight is 308 g/mol. The zero-order valence-corrected chi connectivity index (χ0v) is 13.6. The largest absolute Gasteiger partial charge is 0.346 e. The van der Waals surface area contributed by atoms with E-state index < -0.39 is 9.84 Å². The van der Waals surface area contributed by atoms with Crippen LogP contribution in [0.1, 0.15) is 25.8 Å². The second kappa shape index (κ2) is 6.62. The van der Waals surface area contributed by atoms with E-state index in [1.165, 1.54) is 5.56 Å². The second-order valence-corrected chi connectivity index (χ2v) is 8.04. The Morgan fingerprint density at radius 1 is 1.24 bits per heavy atom. The van der Waals surface area contributed by atoms with E-state index in [4.69, 9.17) is 5.73 Å². The van der Waals surface area contributed by atoms with Gasteiger partial charge in [0.15, 0.2) is 9.84 Å². The lowest BCUT2D eigenvalue weighted by atomic mass is 10.1. The molecule has 5 heteroatoms. The molecule has 1 aromatic carbocycles. The molecule has 4 nitrogen and oxygen atoms in total. The highest BCUT2D eigenvalue weighted by molar-refractivity contribution is 7.91. The maximum Gasteiger partial charge on any atom is 0.152 e. The lowest BCUT2D eigenvalue weighted by Gasteiger charge is -2.08. The molecule has 0 fully saturated rings. The zero-order chi connectivity index (χ0) is 15.5. The standard InChI is InChI=1S/C16H24N2O2S/c1-3-9-21(19,20)10-8-18-7-6-15-12-14(11-13(2)17)4-5-16(15)18/h4-7,12-13H,3,8-11,17H2,1-2H3. The third-order valence-electron chi connectivity index (χ3n) is 3.55. The van der Waals surface area contributed by atoms with Crippen molar-refractivity contribution < 1.29 is 8.42 Å². The van der Waals surface area contributed by atoms with Gasteiger partial charge in [-0.2, -0.15) is 0 Å². The molecule has 2 rings (SSSR count). The van der Waals surface area contributed by atoms with Crippen LogP contribution in [0.3, 0.4) is 0 Å². The summed E-state index contributed by atoms with van der Waals surface area (Å²) in [4.78, 5) is 0. The molecule has 2 aromatic rings. The predicted molar refractivity (Wildman–Crippen MR) is 88.2 cm³/mol. The van der Waals surface area contributed by atoms with E-state index in [1.807, 2.05) is 30.7 Å². The summed E-state index contributed by atoms with van der Waals surface area (Å²) in [6.45, 7) is 4.40. The first-order valence-electron chi connectivity index (χ1n) is 7.45. The molecule has 1 heterocycles. The van der Waals surface area contributed by atoms with Gasteiger partial charge in [0.1, 0.15) is 0 Å². The van der Waals surface area contributed by atoms with Crippen molar-refractivity contribution in [2.75, 3.05) is 11.5 Å². The molecule has 0 spiro atoms. The Hall–Kier alpha value is -1.33. The number of hydrogen-bond donors (Lipinski definition) is 1. The fourth-order valence-corrected chi connectivity index (χ4v) is 3.89. The van der Waals surface area contributed by atoms with Crippen LogP contribution in [-0.4, -0.2) is 30.5 Å². The maximum absolute atomic E-state index is 11.8. The fourth-order valence-electron chi connectivity index (χ4n) is 2.59. The summed E-state index contributed by atoms with van der Waals surface area (Å²) in [5.41, 5.74) is 8.12. The van der Waals surface area contributed by atoms with Crippen LogP contribution in [0.5, 0.6) is 0 Å². The number of nitrogens with two attached hydrogens (primary N) is 1. The van der Waals surface area contributed by atoms with Gasteiger partial charge >= 0.3 is 0 Å². The Bertz CT molecular complexity index is 702. The van der Waals surface area contributed by atoms with Crippen LogP contribution >= 0.6 is 0 Å². The highest BCUT2D eigenvalue weighted by atomic mass is 32.2. The molecule has 1 unspecified atom stereocenters. The van der Waals surface area contributed by atoms with Crippen LogP contribution in [-0.2, 0) is 22.8 Å². The first-order chi connectivity index (χ1) is 9.91. The van der Waals surface area contributed by atoms with Crippen molar-refractivity contribution in [1.82, 2.24) is 4.57 Å². The van der Waals surface area contributed by atoms with E-state index in [2.05, 4.69) is 18.2 Å². The van der Waals surface area contributed by atoms with Crippen LogP contribution in [0, 0.1) is 0 Å². The van der Waals surface area contributed by atoms with Gasteiger partial charge in [-0.05, 0) is 48.9 Å². The molecule has 2 N–H and O–H groups in total. The van der Waals surface area contributed by atoms with E-state index in [0.717, 1.165) is 17.3 Å². The fraction of sp³-hybridized carbons (Fsp3) is 0.500. The van der Waals surface area contributed by atoms with E-state index in [1.54, 1.807) is 0 Å². The molecule has 21 heavy (non-hydrogen) atoms. The number of aryl methyl sites for hydroxylation is 1. The number of hydrogen-bond acceptors (Lipinski definition) is 3. The molecule has 0 radical (unpaired) electrons. The second-order valence-electron chi connectivity index (χ2n) is 5.74. The van der Waals surface area contributed by atoms with Crippen LogP contribution in [0.15, 0.2) is 30.5 Å². The normalized spacial score (nSPS) is 13.7. The van der Waals surface area contributed by atoms with E-state index >= 15 is 0 Å². The topological polar surface area (TPSA) is 65.1 Å². The van der Waals surface area contributed by atoms with Gasteiger partial charge < -0.3 is 10.3 Å². The minimum atomic E-state index is -2.94. The Morgan fingerprint density at radius 3 is 2.67 bits per heavy atom. The Labute approximate surface area is 126 Å². The first kappa shape index (κ1) is 16.0. The van der Waals surface area contributed by atoms with Crippen molar-refractivity contribution in [2.24, 2.45) is 5.73 Å². The van der Waals surface area contributed by atoms with Gasteiger partial charge in [-0.3, -0.25) is 0 Å². The molecular weight excluding hydrogens is 284 g/mol. The third kappa shape index (κ3) is 4.32. The van der Waals surface area contributed by atoms with Crippen LogP contribution < -0.4 is 5.73 Å². The van der Waals surface area contributed by atoms with Gasteiger partial charge in [0, 0.05) is 30.1 Å². The molecule has 0 aliphatic heterocycles. The Balaban J connectivity index is 2.15. The highest BCUT2D eigenvalue weighted by Crippen LogP contribution is 2.18. The van der Waals surface area contributed by atoms with Gasteiger partial charge in [0.2, 0.25) is 0 Å². The SMILES string of the molecule is CCCS(=O)(=O)CCn1ccc2cc(CC(C)N)ccc21. The lowest BCUT2D eigenvalue weighted by Crippen LogP contribution is -2.17. The third-order valence-corrected chi connectivity index (χ3v) is 5.39. The number of fused-ring (bicyclic) bond motifs is 1. The summed E-state index contributed by atoms with van der Waals surface area (Å²) in [5.74, 6) is 0.469. The van der Waals surface area contributed by atoms with E-state index in [9.17, 15) is 8.42 Å². The van der Waals surface area contributed by atoms with E-state index in [0.29, 0.717) is 13.0 Å². The molecule has 116 valence electrons. The molecule has 1 aromatic heterocycles. The molecule has 1 atom stereocenters. The molecule has 0 amide bonds. The summed E-state index contributed by atoms with van der Waals surface area (Å²) >= 11 is 0. The van der Waals surface area contributed by atoms with Crippen LogP contribution in [0.25, 0.3) is 10.9 Å². The summed E-state index contributed by atoms with van der Waals surface area (Å²) in [5, 5.41) is 1.14. The van der Waals surface area contributed by atoms with Crippen molar-refractivity contribution in [1.29, 1.82) is 0 Å². The molecule has 0 aliphatic rings. The lowest BCUT2D eigenvalue weighted by molar-refractivity contribution is 0.588. The van der Waals surface area contributed by atoms with Gasteiger partial charge in [-0.25, -0.2) is 8.42 Å². The van der Waals surface area contributed by atoms with Crippen molar-refractivity contribution in [3.63, 3.8) is 0 Å². The van der Waals surface area contributed by atoms with Crippen LogP contribution in [0.2, 0.25) is 0 Å². The van der Waals surface area contributed by atoms with Gasteiger partial charge in [0.25, 0.3) is 0 Å². The summed E-state index contributed by atoms with van der Waals surface area (Å²) in [6.07, 6.45) is 3.49. The predicted octanol–water partition coefficient (Wildman–Crippen LogP) is 2.36. The van der Waals surface area contributed by atoms with Crippen molar-refractivity contribution in [3.8, 4) is 0 Å². The Morgan fingerprint density at radius 2 is 2.00 bits per heavy atom. The number of sulfone groups is 1. The number of nitrogens with zero attached hydrogens (tertiary/aromatic N) is 1. The minimum Gasteiger partial charge on any atom is -0.346 e. The van der Waals surface area contributed by atoms with E-state index in [-0.39, 0.29) is 17.5 Å². The molecular formula is C16H24N2O2S. The van der Waals surface area contributed by atoms with Crippen molar-refractivity contribution in [3.05, 3.63) is 36.0 Å². The zero-order valence-electron chi connectivity index (χ0n) is 12.7. The van der Waals surface area contributed by atoms with Gasteiger partial charge in [-0.15, -0.1) is 0 Å². The van der Waals surface area contributed by atoms with Gasteiger partial charge in [0.05, 0.1) is 5.75 Å². The number of aromatic nitrogens is 1. The summed E-state index contributed by atoms with van der Waals surface area (Å²) in [6, 6.07) is 8.44. The maximum atomic E-state index is 11.8. The van der Waals surface area contributed by atoms with Crippen molar-refractivity contribution in [2.45, 2.75) is 39.3 Å². The number of benzene rings is 1. The molecule has 0 bridgehead atoms. The average Bonchev–Trinajstić information content (AvgIpc) is 2.78. The molecule has 0 aliphatic carbocycles. The summed E-state index contributed by atoms with van der Waals surface area (Å²) in [7, 11) is -2.94. The Kier molecular flexibility index (Phi) is 5.06. The first-order valence-corrected chi connectivity index (χ1v) is 9.27. The van der Waals surface area contributed by atoms with Crippen molar-refractivity contribution >= 4 is 20.7 Å². The van der Waals surface area contributed by atoms with Gasteiger partial charge in [-0.1, -0.05) is 13.0 Å². The highest BCUT2D eigenvalue weighted by Gasteiger charge is 2.10. The van der Waals surface area contributed by atoms with Crippen LogP contribution in [0.4, 0.5) is 0 Å². The smallest absolute Gasteiger partial charge is 0.152 e. The minimum absolute atomic E-state index is 0.142. The summed E-state index contributed by atoms with van der Waals surface area (Å²) < 4.78 is 25.6.